The van der Waals surface area contributed by atoms with E-state index in [1.165, 1.54) is 6.07 Å². The third kappa shape index (κ3) is 2.10. The fourth-order valence-electron chi connectivity index (χ4n) is 1.35. The highest BCUT2D eigenvalue weighted by molar-refractivity contribution is 5.57. The van der Waals surface area contributed by atoms with E-state index in [0.29, 0.717) is 17.9 Å². The van der Waals surface area contributed by atoms with Crippen LogP contribution in [-0.2, 0) is 6.42 Å². The maximum atomic E-state index is 11.3. The molecule has 0 unspecified atom stereocenters. The fraction of sp³-hybridized carbons (Fsp3) is 0.182. The molecule has 76 valence electrons. The SMILES string of the molecule is CCc1nc(-c2ccncc2)cc(=O)[nH]1. The van der Waals surface area contributed by atoms with E-state index in [1.54, 1.807) is 12.4 Å². The van der Waals surface area contributed by atoms with E-state index in [0.717, 1.165) is 5.56 Å². The number of aromatic nitrogens is 3. The molecule has 0 saturated carbocycles. The molecular weight excluding hydrogens is 190 g/mol. The number of pyridine rings is 1. The van der Waals surface area contributed by atoms with Crippen LogP contribution in [0.3, 0.4) is 0 Å². The van der Waals surface area contributed by atoms with Gasteiger partial charge in [-0.1, -0.05) is 6.92 Å². The second kappa shape index (κ2) is 4.04. The Balaban J connectivity index is 2.54. The summed E-state index contributed by atoms with van der Waals surface area (Å²) in [5, 5.41) is 0. The first-order chi connectivity index (χ1) is 7.29. The second-order valence-corrected chi connectivity index (χ2v) is 3.17. The van der Waals surface area contributed by atoms with Crippen molar-refractivity contribution in [2.75, 3.05) is 0 Å². The fourth-order valence-corrected chi connectivity index (χ4v) is 1.35. The van der Waals surface area contributed by atoms with Crippen LogP contribution in [0, 0.1) is 0 Å². The van der Waals surface area contributed by atoms with Gasteiger partial charge in [-0.2, -0.15) is 0 Å². The molecule has 0 aliphatic heterocycles. The first-order valence-electron chi connectivity index (χ1n) is 4.80. The predicted octanol–water partition coefficient (Wildman–Crippen LogP) is 1.39. The lowest BCUT2D eigenvalue weighted by molar-refractivity contribution is 0.924. The minimum atomic E-state index is -0.117. The van der Waals surface area contributed by atoms with Gasteiger partial charge in [0.05, 0.1) is 5.69 Å². The number of hydrogen-bond acceptors (Lipinski definition) is 3. The van der Waals surface area contributed by atoms with Gasteiger partial charge in [0, 0.05) is 30.4 Å². The number of nitrogens with zero attached hydrogens (tertiary/aromatic N) is 2. The Bertz CT molecular complexity index is 505. The minimum Gasteiger partial charge on any atom is -0.311 e. The van der Waals surface area contributed by atoms with Crippen LogP contribution >= 0.6 is 0 Å². The van der Waals surface area contributed by atoms with E-state index in [9.17, 15) is 4.79 Å². The first kappa shape index (κ1) is 9.58. The van der Waals surface area contributed by atoms with Crippen molar-refractivity contribution >= 4 is 0 Å². The third-order valence-corrected chi connectivity index (χ3v) is 2.10. The molecular formula is C11H11N3O. The largest absolute Gasteiger partial charge is 0.311 e. The van der Waals surface area contributed by atoms with Crippen LogP contribution < -0.4 is 5.56 Å². The number of hydrogen-bond donors (Lipinski definition) is 1. The van der Waals surface area contributed by atoms with Crippen molar-refractivity contribution < 1.29 is 0 Å². The van der Waals surface area contributed by atoms with Crippen molar-refractivity contribution in [2.45, 2.75) is 13.3 Å². The van der Waals surface area contributed by atoms with Gasteiger partial charge in [0.2, 0.25) is 0 Å². The Hall–Kier alpha value is -1.97. The zero-order valence-electron chi connectivity index (χ0n) is 8.40. The van der Waals surface area contributed by atoms with Gasteiger partial charge in [-0.3, -0.25) is 9.78 Å². The molecule has 0 amide bonds. The summed E-state index contributed by atoms with van der Waals surface area (Å²) >= 11 is 0. The van der Waals surface area contributed by atoms with Crippen molar-refractivity contribution in [1.29, 1.82) is 0 Å². The van der Waals surface area contributed by atoms with E-state index >= 15 is 0 Å². The zero-order chi connectivity index (χ0) is 10.7. The topological polar surface area (TPSA) is 58.6 Å². The van der Waals surface area contributed by atoms with Crippen LogP contribution in [0.2, 0.25) is 0 Å². The van der Waals surface area contributed by atoms with Crippen LogP contribution in [0.5, 0.6) is 0 Å². The van der Waals surface area contributed by atoms with E-state index in [4.69, 9.17) is 0 Å². The maximum absolute atomic E-state index is 11.3. The lowest BCUT2D eigenvalue weighted by atomic mass is 10.2. The predicted molar refractivity (Wildman–Crippen MR) is 57.5 cm³/mol. The molecule has 2 heterocycles. The van der Waals surface area contributed by atoms with Gasteiger partial charge in [-0.15, -0.1) is 0 Å². The highest BCUT2D eigenvalue weighted by Crippen LogP contribution is 2.13. The molecule has 0 saturated heterocycles. The normalized spacial score (nSPS) is 10.2. The molecule has 2 aromatic heterocycles. The quantitative estimate of drug-likeness (QED) is 0.798. The molecule has 1 N–H and O–H groups in total. The number of aromatic amines is 1. The van der Waals surface area contributed by atoms with Crippen LogP contribution in [0.25, 0.3) is 11.3 Å². The summed E-state index contributed by atoms with van der Waals surface area (Å²) in [7, 11) is 0. The Morgan fingerprint density at radius 2 is 2.07 bits per heavy atom. The van der Waals surface area contributed by atoms with Crippen LogP contribution in [0.1, 0.15) is 12.7 Å². The first-order valence-corrected chi connectivity index (χ1v) is 4.80. The Morgan fingerprint density at radius 1 is 1.33 bits per heavy atom. The summed E-state index contributed by atoms with van der Waals surface area (Å²) < 4.78 is 0. The van der Waals surface area contributed by atoms with Gasteiger partial charge in [0.15, 0.2) is 0 Å². The molecule has 0 bridgehead atoms. The van der Waals surface area contributed by atoms with E-state index in [-0.39, 0.29) is 5.56 Å². The molecule has 0 aliphatic rings. The van der Waals surface area contributed by atoms with Gasteiger partial charge in [-0.25, -0.2) is 4.98 Å². The van der Waals surface area contributed by atoms with Gasteiger partial charge in [-0.05, 0) is 12.1 Å². The van der Waals surface area contributed by atoms with Gasteiger partial charge < -0.3 is 4.98 Å². The van der Waals surface area contributed by atoms with Crippen LogP contribution in [0.15, 0.2) is 35.4 Å². The summed E-state index contributed by atoms with van der Waals surface area (Å²) in [5.74, 6) is 0.703. The highest BCUT2D eigenvalue weighted by atomic mass is 16.1. The molecule has 0 fully saturated rings. The molecule has 0 spiro atoms. The van der Waals surface area contributed by atoms with E-state index in [1.807, 2.05) is 19.1 Å². The smallest absolute Gasteiger partial charge is 0.251 e. The third-order valence-electron chi connectivity index (χ3n) is 2.10. The van der Waals surface area contributed by atoms with E-state index in [2.05, 4.69) is 15.0 Å². The highest BCUT2D eigenvalue weighted by Gasteiger charge is 2.01. The summed E-state index contributed by atoms with van der Waals surface area (Å²) in [6.07, 6.45) is 4.09. The monoisotopic (exact) mass is 201 g/mol. The van der Waals surface area contributed by atoms with Crippen LogP contribution in [0.4, 0.5) is 0 Å². The second-order valence-electron chi connectivity index (χ2n) is 3.17. The van der Waals surface area contributed by atoms with Crippen molar-refractivity contribution in [3.05, 3.63) is 46.8 Å². The molecule has 2 aromatic rings. The lowest BCUT2D eigenvalue weighted by Gasteiger charge is -2.01. The molecule has 15 heavy (non-hydrogen) atoms. The molecule has 0 radical (unpaired) electrons. The Kier molecular flexibility index (Phi) is 2.58. The lowest BCUT2D eigenvalue weighted by Crippen LogP contribution is -2.10. The zero-order valence-corrected chi connectivity index (χ0v) is 8.40. The molecule has 0 aromatic carbocycles. The summed E-state index contributed by atoms with van der Waals surface area (Å²) in [5.41, 5.74) is 1.48. The van der Waals surface area contributed by atoms with Gasteiger partial charge in [0.1, 0.15) is 5.82 Å². The molecule has 4 nitrogen and oxygen atoms in total. The molecule has 0 aliphatic carbocycles. The standard InChI is InChI=1S/C11H11N3O/c1-2-10-13-9(7-11(15)14-10)8-3-5-12-6-4-8/h3-7H,2H2,1H3,(H,13,14,15). The average Bonchev–Trinajstić information content (AvgIpc) is 2.29. The molecule has 0 atom stereocenters. The summed E-state index contributed by atoms with van der Waals surface area (Å²) in [4.78, 5) is 22.3. The van der Waals surface area contributed by atoms with Crippen molar-refractivity contribution in [3.63, 3.8) is 0 Å². The summed E-state index contributed by atoms with van der Waals surface area (Å²) in [6.45, 7) is 1.95. The van der Waals surface area contributed by atoms with Crippen molar-refractivity contribution in [1.82, 2.24) is 15.0 Å². The van der Waals surface area contributed by atoms with Crippen molar-refractivity contribution in [3.8, 4) is 11.3 Å². The Labute approximate surface area is 87.0 Å². The Morgan fingerprint density at radius 3 is 2.73 bits per heavy atom. The van der Waals surface area contributed by atoms with Crippen LogP contribution in [-0.4, -0.2) is 15.0 Å². The number of H-pyrrole nitrogens is 1. The van der Waals surface area contributed by atoms with Gasteiger partial charge >= 0.3 is 0 Å². The number of aryl methyl sites for hydroxylation is 1. The van der Waals surface area contributed by atoms with Crippen molar-refractivity contribution in [2.24, 2.45) is 0 Å². The summed E-state index contributed by atoms with van der Waals surface area (Å²) in [6, 6.07) is 5.16. The minimum absolute atomic E-state index is 0.117. The van der Waals surface area contributed by atoms with E-state index < -0.39 is 0 Å². The molecule has 4 heteroatoms. The number of rotatable bonds is 2. The number of nitrogens with one attached hydrogen (secondary N) is 1. The average molecular weight is 201 g/mol. The maximum Gasteiger partial charge on any atom is 0.251 e. The van der Waals surface area contributed by atoms with Gasteiger partial charge in [0.25, 0.3) is 5.56 Å². The molecule has 2 rings (SSSR count).